The van der Waals surface area contributed by atoms with E-state index in [1.807, 2.05) is 6.07 Å². The average Bonchev–Trinajstić information content (AvgIpc) is 2.49. The van der Waals surface area contributed by atoms with Crippen LogP contribution in [0, 0.1) is 0 Å². The molecule has 0 aromatic heterocycles. The first-order valence-corrected chi connectivity index (χ1v) is 6.27. The molecule has 2 rings (SSSR count). The Bertz CT molecular complexity index is 415. The minimum absolute atomic E-state index is 0.195. The third-order valence-electron chi connectivity index (χ3n) is 2.64. The van der Waals surface area contributed by atoms with Gasteiger partial charge in [0.2, 0.25) is 0 Å². The van der Waals surface area contributed by atoms with E-state index in [1.165, 1.54) is 0 Å². The van der Waals surface area contributed by atoms with Crippen LogP contribution in [0.4, 0.5) is 0 Å². The molecule has 16 heavy (non-hydrogen) atoms. The van der Waals surface area contributed by atoms with Crippen molar-refractivity contribution in [3.05, 3.63) is 23.3 Å². The van der Waals surface area contributed by atoms with Gasteiger partial charge in [0.25, 0.3) is 0 Å². The number of Topliss-reactive ketones (excluding diaryl/α,β-unsaturated/α-hetero) is 1. The van der Waals surface area contributed by atoms with Crippen molar-refractivity contribution in [1.82, 2.24) is 0 Å². The molecule has 0 amide bonds. The molecule has 1 heterocycles. The monoisotopic (exact) mass is 238 g/mol. The van der Waals surface area contributed by atoms with Crippen molar-refractivity contribution < 1.29 is 14.3 Å². The van der Waals surface area contributed by atoms with Gasteiger partial charge in [-0.3, -0.25) is 4.79 Å². The molecule has 0 saturated heterocycles. The molecule has 0 aliphatic carbocycles. The Morgan fingerprint density at radius 3 is 2.56 bits per heavy atom. The lowest BCUT2D eigenvalue weighted by Gasteiger charge is -2.11. The summed E-state index contributed by atoms with van der Waals surface area (Å²) in [5.41, 5.74) is 1.83. The van der Waals surface area contributed by atoms with Crippen molar-refractivity contribution in [2.75, 3.05) is 20.0 Å². The van der Waals surface area contributed by atoms with Crippen LogP contribution in [-0.4, -0.2) is 25.8 Å². The fraction of sp³-hybridized carbons (Fsp3) is 0.417. The average molecular weight is 238 g/mol. The molecule has 0 bridgehead atoms. The fourth-order valence-electron chi connectivity index (χ4n) is 1.78. The van der Waals surface area contributed by atoms with Crippen molar-refractivity contribution in [2.24, 2.45) is 0 Å². The van der Waals surface area contributed by atoms with Crippen molar-refractivity contribution >= 4 is 17.5 Å². The highest BCUT2D eigenvalue weighted by Gasteiger charge is 2.19. The zero-order valence-corrected chi connectivity index (χ0v) is 10.2. The molecule has 0 radical (unpaired) electrons. The molecule has 1 aromatic carbocycles. The minimum Gasteiger partial charge on any atom is -0.493 e. The lowest BCUT2D eigenvalue weighted by atomic mass is 10.0. The maximum Gasteiger partial charge on any atom is 0.164 e. The summed E-state index contributed by atoms with van der Waals surface area (Å²) < 4.78 is 10.4. The smallest absolute Gasteiger partial charge is 0.164 e. The predicted molar refractivity (Wildman–Crippen MR) is 64.7 cm³/mol. The quantitative estimate of drug-likeness (QED) is 0.793. The summed E-state index contributed by atoms with van der Waals surface area (Å²) in [6.07, 6.45) is 0.604. The molecule has 0 N–H and O–H groups in total. The molecule has 0 spiro atoms. The van der Waals surface area contributed by atoms with Gasteiger partial charge in [0.05, 0.1) is 14.2 Å². The van der Waals surface area contributed by atoms with E-state index in [4.69, 9.17) is 9.47 Å². The number of hydrogen-bond donors (Lipinski definition) is 0. The van der Waals surface area contributed by atoms with Crippen LogP contribution in [0.5, 0.6) is 11.5 Å². The SMILES string of the molecule is COc1cc2c(cc1OC)C(=O)CCSC2. The van der Waals surface area contributed by atoms with E-state index in [0.717, 1.165) is 22.6 Å². The highest BCUT2D eigenvalue weighted by Crippen LogP contribution is 2.34. The van der Waals surface area contributed by atoms with Gasteiger partial charge in [-0.15, -0.1) is 0 Å². The molecule has 86 valence electrons. The van der Waals surface area contributed by atoms with E-state index in [9.17, 15) is 4.79 Å². The molecular weight excluding hydrogens is 224 g/mol. The maximum atomic E-state index is 11.9. The molecule has 0 fully saturated rings. The zero-order chi connectivity index (χ0) is 11.5. The highest BCUT2D eigenvalue weighted by molar-refractivity contribution is 7.98. The lowest BCUT2D eigenvalue weighted by Crippen LogP contribution is -2.03. The molecule has 1 aliphatic rings. The molecule has 0 unspecified atom stereocenters. The van der Waals surface area contributed by atoms with Gasteiger partial charge in [-0.2, -0.15) is 11.8 Å². The molecule has 4 heteroatoms. The van der Waals surface area contributed by atoms with Gasteiger partial charge in [0.15, 0.2) is 17.3 Å². The molecule has 1 aliphatic heterocycles. The topological polar surface area (TPSA) is 35.5 Å². The van der Waals surface area contributed by atoms with Crippen LogP contribution < -0.4 is 9.47 Å². The van der Waals surface area contributed by atoms with Gasteiger partial charge in [-0.25, -0.2) is 0 Å². The number of carbonyl (C=O) groups is 1. The van der Waals surface area contributed by atoms with Crippen LogP contribution >= 0.6 is 11.8 Å². The first-order valence-electron chi connectivity index (χ1n) is 5.12. The van der Waals surface area contributed by atoms with Gasteiger partial charge in [0.1, 0.15) is 0 Å². The van der Waals surface area contributed by atoms with Gasteiger partial charge in [-0.1, -0.05) is 0 Å². The number of ether oxygens (including phenoxy) is 2. The van der Waals surface area contributed by atoms with E-state index in [-0.39, 0.29) is 5.78 Å². The van der Waals surface area contributed by atoms with Crippen molar-refractivity contribution in [2.45, 2.75) is 12.2 Å². The Labute approximate surface area is 99.1 Å². The fourth-order valence-corrected chi connectivity index (χ4v) is 2.71. The molecule has 1 aromatic rings. The number of rotatable bonds is 2. The second-order valence-corrected chi connectivity index (χ2v) is 4.70. The predicted octanol–water partition coefficient (Wildman–Crippen LogP) is 2.52. The van der Waals surface area contributed by atoms with Gasteiger partial charge < -0.3 is 9.47 Å². The Morgan fingerprint density at radius 1 is 1.19 bits per heavy atom. The molecule has 3 nitrogen and oxygen atoms in total. The maximum absolute atomic E-state index is 11.9. The normalized spacial score (nSPS) is 15.2. The number of ketones is 1. The third kappa shape index (κ3) is 2.02. The molecule has 0 saturated carbocycles. The van der Waals surface area contributed by atoms with Crippen molar-refractivity contribution in [3.63, 3.8) is 0 Å². The van der Waals surface area contributed by atoms with E-state index in [2.05, 4.69) is 0 Å². The number of carbonyl (C=O) groups excluding carboxylic acids is 1. The van der Waals surface area contributed by atoms with E-state index in [1.54, 1.807) is 32.0 Å². The van der Waals surface area contributed by atoms with Gasteiger partial charge >= 0.3 is 0 Å². The summed E-state index contributed by atoms with van der Waals surface area (Å²) in [7, 11) is 3.19. The summed E-state index contributed by atoms with van der Waals surface area (Å²) in [6.45, 7) is 0. The van der Waals surface area contributed by atoms with Crippen LogP contribution in [0.1, 0.15) is 22.3 Å². The molecular formula is C12H14O3S. The van der Waals surface area contributed by atoms with Crippen LogP contribution in [0.2, 0.25) is 0 Å². The number of benzene rings is 1. The van der Waals surface area contributed by atoms with Crippen LogP contribution in [0.15, 0.2) is 12.1 Å². The van der Waals surface area contributed by atoms with Gasteiger partial charge in [-0.05, 0) is 17.7 Å². The Morgan fingerprint density at radius 2 is 1.88 bits per heavy atom. The minimum atomic E-state index is 0.195. The summed E-state index contributed by atoms with van der Waals surface area (Å²) in [4.78, 5) is 11.9. The summed E-state index contributed by atoms with van der Waals surface area (Å²) in [5.74, 6) is 3.26. The van der Waals surface area contributed by atoms with Crippen LogP contribution in [0.25, 0.3) is 0 Å². The number of hydrogen-bond acceptors (Lipinski definition) is 4. The van der Waals surface area contributed by atoms with E-state index < -0.39 is 0 Å². The van der Waals surface area contributed by atoms with Crippen molar-refractivity contribution in [1.29, 1.82) is 0 Å². The summed E-state index contributed by atoms with van der Waals surface area (Å²) >= 11 is 1.78. The largest absolute Gasteiger partial charge is 0.493 e. The van der Waals surface area contributed by atoms with Crippen molar-refractivity contribution in [3.8, 4) is 11.5 Å². The van der Waals surface area contributed by atoms with E-state index >= 15 is 0 Å². The number of methoxy groups -OCH3 is 2. The zero-order valence-electron chi connectivity index (χ0n) is 9.41. The number of fused-ring (bicyclic) bond motifs is 1. The highest BCUT2D eigenvalue weighted by atomic mass is 32.2. The summed E-state index contributed by atoms with van der Waals surface area (Å²) in [5, 5.41) is 0. The van der Waals surface area contributed by atoms with E-state index in [0.29, 0.717) is 17.9 Å². The second-order valence-electron chi connectivity index (χ2n) is 3.59. The Balaban J connectivity index is 2.51. The first-order chi connectivity index (χ1) is 7.76. The first kappa shape index (κ1) is 11.3. The second kappa shape index (κ2) is 4.78. The van der Waals surface area contributed by atoms with Crippen LogP contribution in [0.3, 0.4) is 0 Å². The summed E-state index contributed by atoms with van der Waals surface area (Å²) in [6, 6.07) is 3.70. The van der Waals surface area contributed by atoms with Crippen LogP contribution in [-0.2, 0) is 5.75 Å². The molecule has 0 atom stereocenters. The Hall–Kier alpha value is -1.16. The number of thioether (sulfide) groups is 1. The standard InChI is InChI=1S/C12H14O3S/c1-14-11-5-8-7-16-4-3-10(13)9(8)6-12(11)15-2/h5-6H,3-4,7H2,1-2H3. The Kier molecular flexibility index (Phi) is 3.39. The third-order valence-corrected chi connectivity index (χ3v) is 3.65. The van der Waals surface area contributed by atoms with Gasteiger partial charge in [0, 0.05) is 23.5 Å². The lowest BCUT2D eigenvalue weighted by molar-refractivity contribution is 0.0989.